The summed E-state index contributed by atoms with van der Waals surface area (Å²) in [5, 5.41) is 6.92. The molecular weight excluding hydrogens is 334 g/mol. The average Bonchev–Trinajstić information content (AvgIpc) is 3.06. The Morgan fingerprint density at radius 1 is 1.24 bits per heavy atom. The number of aryl methyl sites for hydroxylation is 1. The molecule has 7 heteroatoms. The highest BCUT2D eigenvalue weighted by atomic mass is 32.1. The van der Waals surface area contributed by atoms with E-state index in [0.717, 1.165) is 43.3 Å². The molecule has 1 fully saturated rings. The van der Waals surface area contributed by atoms with Crippen molar-refractivity contribution in [3.05, 3.63) is 52.5 Å². The van der Waals surface area contributed by atoms with E-state index < -0.39 is 0 Å². The zero-order valence-corrected chi connectivity index (χ0v) is 15.2. The maximum absolute atomic E-state index is 12.3. The van der Waals surface area contributed by atoms with Gasteiger partial charge in [0.15, 0.2) is 0 Å². The molecule has 0 bridgehead atoms. The monoisotopic (exact) mass is 357 g/mol. The van der Waals surface area contributed by atoms with E-state index in [1.807, 2.05) is 30.0 Å². The molecule has 1 aromatic heterocycles. The second-order valence-electron chi connectivity index (χ2n) is 6.04. The molecule has 0 unspecified atom stereocenters. The van der Waals surface area contributed by atoms with Crippen LogP contribution >= 0.6 is 11.5 Å². The van der Waals surface area contributed by atoms with E-state index in [-0.39, 0.29) is 6.03 Å². The van der Waals surface area contributed by atoms with Gasteiger partial charge < -0.3 is 10.2 Å². The van der Waals surface area contributed by atoms with Crippen molar-refractivity contribution >= 4 is 23.6 Å². The van der Waals surface area contributed by atoms with Crippen molar-refractivity contribution in [1.82, 2.24) is 24.7 Å². The Morgan fingerprint density at radius 3 is 2.68 bits per heavy atom. The third-order valence-corrected chi connectivity index (χ3v) is 5.10. The maximum atomic E-state index is 12.3. The van der Waals surface area contributed by atoms with Crippen LogP contribution in [-0.2, 0) is 6.54 Å². The molecule has 1 aliphatic heterocycles. The number of carbonyl (C=O) groups is 1. The highest BCUT2D eigenvalue weighted by Gasteiger charge is 2.20. The van der Waals surface area contributed by atoms with Crippen LogP contribution in [0.3, 0.4) is 0 Å². The fraction of sp³-hybridized carbons (Fsp3) is 0.389. The molecule has 6 nitrogen and oxygen atoms in total. The largest absolute Gasteiger partial charge is 0.333 e. The number of hydrogen-bond acceptors (Lipinski definition) is 5. The molecule has 2 heterocycles. The highest BCUT2D eigenvalue weighted by molar-refractivity contribution is 7.05. The molecule has 132 valence electrons. The second kappa shape index (κ2) is 8.73. The Kier molecular flexibility index (Phi) is 6.14. The van der Waals surface area contributed by atoms with Crippen LogP contribution < -0.4 is 5.32 Å². The Hall–Kier alpha value is -2.25. The number of benzene rings is 1. The Balaban J connectivity index is 1.38. The minimum absolute atomic E-state index is 0.00715. The van der Waals surface area contributed by atoms with E-state index >= 15 is 0 Å². The molecule has 0 spiro atoms. The van der Waals surface area contributed by atoms with Gasteiger partial charge in [0, 0.05) is 32.7 Å². The van der Waals surface area contributed by atoms with Gasteiger partial charge in [0.1, 0.15) is 0 Å². The number of nitrogens with one attached hydrogen (secondary N) is 1. The first-order valence-electron chi connectivity index (χ1n) is 8.47. The molecule has 0 aliphatic carbocycles. The summed E-state index contributed by atoms with van der Waals surface area (Å²) in [6, 6.07) is 10.3. The number of carbonyl (C=O) groups excluding carboxylic acids is 1. The number of hydrogen-bond donors (Lipinski definition) is 1. The summed E-state index contributed by atoms with van der Waals surface area (Å²) >= 11 is 1.34. The van der Waals surface area contributed by atoms with E-state index in [0.29, 0.717) is 6.54 Å². The van der Waals surface area contributed by atoms with E-state index in [9.17, 15) is 4.79 Å². The van der Waals surface area contributed by atoms with Crippen LogP contribution in [0.15, 0.2) is 36.4 Å². The predicted molar refractivity (Wildman–Crippen MR) is 100 cm³/mol. The fourth-order valence-electron chi connectivity index (χ4n) is 2.72. The molecule has 2 aromatic rings. The van der Waals surface area contributed by atoms with Crippen molar-refractivity contribution in [3.8, 4) is 0 Å². The Morgan fingerprint density at radius 2 is 2.00 bits per heavy atom. The first-order chi connectivity index (χ1) is 12.2. The molecule has 1 aliphatic rings. The van der Waals surface area contributed by atoms with E-state index in [4.69, 9.17) is 0 Å². The zero-order chi connectivity index (χ0) is 17.5. The topological polar surface area (TPSA) is 61.4 Å². The number of piperazine rings is 1. The summed E-state index contributed by atoms with van der Waals surface area (Å²) < 4.78 is 3.89. The van der Waals surface area contributed by atoms with Crippen molar-refractivity contribution in [1.29, 1.82) is 0 Å². The van der Waals surface area contributed by atoms with Gasteiger partial charge in [-0.1, -0.05) is 47.0 Å². The standard InChI is InChI=1S/C18H23N5OS/c1-15-17(25-21-20-15)14-19-18(24)23-12-10-22(11-13-23)9-5-8-16-6-3-2-4-7-16/h2-8H,9-14H2,1H3,(H,19,24). The van der Waals surface area contributed by atoms with E-state index in [1.54, 1.807) is 0 Å². The molecule has 1 aromatic carbocycles. The maximum Gasteiger partial charge on any atom is 0.317 e. The number of urea groups is 1. The fourth-order valence-corrected chi connectivity index (χ4v) is 3.29. The van der Waals surface area contributed by atoms with Crippen LogP contribution in [0.2, 0.25) is 0 Å². The lowest BCUT2D eigenvalue weighted by Gasteiger charge is -2.34. The van der Waals surface area contributed by atoms with Crippen LogP contribution in [0.4, 0.5) is 4.79 Å². The van der Waals surface area contributed by atoms with Crippen molar-refractivity contribution < 1.29 is 4.79 Å². The van der Waals surface area contributed by atoms with Crippen LogP contribution in [0.5, 0.6) is 0 Å². The second-order valence-corrected chi connectivity index (χ2v) is 6.88. The normalized spacial score (nSPS) is 15.6. The molecule has 1 saturated heterocycles. The lowest BCUT2D eigenvalue weighted by Crippen LogP contribution is -2.51. The van der Waals surface area contributed by atoms with Crippen LogP contribution in [-0.4, -0.2) is 58.1 Å². The predicted octanol–water partition coefficient (Wildman–Crippen LogP) is 2.39. The van der Waals surface area contributed by atoms with Crippen molar-refractivity contribution in [3.63, 3.8) is 0 Å². The molecule has 1 N–H and O–H groups in total. The minimum Gasteiger partial charge on any atom is -0.333 e. The van der Waals surface area contributed by atoms with Gasteiger partial charge in [0.05, 0.1) is 17.1 Å². The van der Waals surface area contributed by atoms with Crippen molar-refractivity contribution in [2.24, 2.45) is 0 Å². The number of nitrogens with zero attached hydrogens (tertiary/aromatic N) is 4. The van der Waals surface area contributed by atoms with Gasteiger partial charge >= 0.3 is 6.03 Å². The summed E-state index contributed by atoms with van der Waals surface area (Å²) in [7, 11) is 0. The summed E-state index contributed by atoms with van der Waals surface area (Å²) in [4.78, 5) is 17.5. The molecule has 25 heavy (non-hydrogen) atoms. The average molecular weight is 357 g/mol. The van der Waals surface area contributed by atoms with Gasteiger partial charge in [0.25, 0.3) is 0 Å². The lowest BCUT2D eigenvalue weighted by atomic mass is 10.2. The summed E-state index contributed by atoms with van der Waals surface area (Å²) in [6.45, 7) is 6.63. The molecule has 0 radical (unpaired) electrons. The van der Waals surface area contributed by atoms with Crippen molar-refractivity contribution in [2.75, 3.05) is 32.7 Å². The van der Waals surface area contributed by atoms with Gasteiger partial charge in [-0.2, -0.15) is 0 Å². The summed E-state index contributed by atoms with van der Waals surface area (Å²) in [6.07, 6.45) is 4.33. The number of rotatable bonds is 5. The summed E-state index contributed by atoms with van der Waals surface area (Å²) in [5.74, 6) is 0. The molecular formula is C18H23N5OS. The first kappa shape index (κ1) is 17.6. The number of amides is 2. The highest BCUT2D eigenvalue weighted by Crippen LogP contribution is 2.09. The van der Waals surface area contributed by atoms with Gasteiger partial charge in [-0.25, -0.2) is 4.79 Å². The molecule has 3 rings (SSSR count). The van der Waals surface area contributed by atoms with Gasteiger partial charge in [0.2, 0.25) is 0 Å². The van der Waals surface area contributed by atoms with Gasteiger partial charge in [-0.05, 0) is 24.0 Å². The Bertz CT molecular complexity index is 707. The van der Waals surface area contributed by atoms with Crippen LogP contribution in [0.25, 0.3) is 6.08 Å². The SMILES string of the molecule is Cc1nnsc1CNC(=O)N1CCN(CC=Cc2ccccc2)CC1. The first-order valence-corrected chi connectivity index (χ1v) is 9.24. The smallest absolute Gasteiger partial charge is 0.317 e. The zero-order valence-electron chi connectivity index (χ0n) is 14.4. The quantitative estimate of drug-likeness (QED) is 0.893. The number of aromatic nitrogens is 2. The molecule has 0 atom stereocenters. The van der Waals surface area contributed by atoms with E-state index in [2.05, 4.69) is 44.1 Å². The van der Waals surface area contributed by atoms with Gasteiger partial charge in [-0.15, -0.1) is 5.10 Å². The Labute approximate surface area is 152 Å². The minimum atomic E-state index is -0.00715. The van der Waals surface area contributed by atoms with Gasteiger partial charge in [-0.3, -0.25) is 4.90 Å². The third-order valence-electron chi connectivity index (χ3n) is 4.28. The molecule has 2 amide bonds. The molecule has 0 saturated carbocycles. The van der Waals surface area contributed by atoms with Crippen LogP contribution in [0.1, 0.15) is 16.1 Å². The lowest BCUT2D eigenvalue weighted by molar-refractivity contribution is 0.146. The third kappa shape index (κ3) is 5.11. The summed E-state index contributed by atoms with van der Waals surface area (Å²) in [5.41, 5.74) is 2.11. The van der Waals surface area contributed by atoms with E-state index in [1.165, 1.54) is 17.1 Å². The van der Waals surface area contributed by atoms with Crippen molar-refractivity contribution in [2.45, 2.75) is 13.5 Å². The van der Waals surface area contributed by atoms with Crippen LogP contribution in [0, 0.1) is 6.92 Å².